The fourth-order valence-electron chi connectivity index (χ4n) is 3.29. The van der Waals surface area contributed by atoms with E-state index in [1.54, 1.807) is 17.0 Å². The summed E-state index contributed by atoms with van der Waals surface area (Å²) in [4.78, 5) is 27.6. The number of hydrogen-bond acceptors (Lipinski definition) is 4. The second-order valence-corrected chi connectivity index (χ2v) is 7.24. The predicted molar refractivity (Wildman–Crippen MR) is 118 cm³/mol. The number of nitro groups is 1. The fourth-order valence-corrected chi connectivity index (χ4v) is 3.29. The molecule has 0 aliphatic heterocycles. The Hall–Kier alpha value is -3.51. The van der Waals surface area contributed by atoms with Gasteiger partial charge in [0.2, 0.25) is 5.91 Å². The molecule has 0 saturated heterocycles. The summed E-state index contributed by atoms with van der Waals surface area (Å²) in [6, 6.07) is 25.9. The molecule has 1 unspecified atom stereocenters. The molecule has 1 amide bonds. The minimum atomic E-state index is -0.404. The third-order valence-corrected chi connectivity index (χ3v) is 5.16. The van der Waals surface area contributed by atoms with Gasteiger partial charge in [-0.25, -0.2) is 0 Å². The molecule has 0 spiro atoms. The normalized spacial score (nSPS) is 11.8. The van der Waals surface area contributed by atoms with Crippen LogP contribution in [0.15, 0.2) is 84.9 Å². The Bertz CT molecular complexity index is 993. The number of hydrogen-bond donors (Lipinski definition) is 0. The van der Waals surface area contributed by atoms with Crippen LogP contribution in [-0.2, 0) is 11.3 Å². The first-order valence-electron chi connectivity index (χ1n) is 9.79. The molecule has 3 aromatic rings. The standard InChI is InChI=1S/C24H25N3O3/c1-19(21-12-9-15-23(16-21)27(29)30)25(2)18-24(28)26(22-13-7-4-8-14-22)17-20-10-5-3-6-11-20/h3-16,19H,17-18H2,1-2H3. The van der Waals surface area contributed by atoms with Crippen molar-refractivity contribution in [2.24, 2.45) is 0 Å². The Morgan fingerprint density at radius 1 is 0.967 bits per heavy atom. The number of nitro benzene ring substituents is 1. The van der Waals surface area contributed by atoms with Gasteiger partial charge in [0, 0.05) is 23.9 Å². The van der Waals surface area contributed by atoms with Crippen molar-refractivity contribution in [2.75, 3.05) is 18.5 Å². The van der Waals surface area contributed by atoms with Crippen molar-refractivity contribution in [3.63, 3.8) is 0 Å². The molecular weight excluding hydrogens is 378 g/mol. The van der Waals surface area contributed by atoms with Gasteiger partial charge in [-0.3, -0.25) is 19.8 Å². The van der Waals surface area contributed by atoms with E-state index in [4.69, 9.17) is 0 Å². The average Bonchev–Trinajstić information content (AvgIpc) is 2.78. The SMILES string of the molecule is CC(c1cccc([N+](=O)[O-])c1)N(C)CC(=O)N(Cc1ccccc1)c1ccccc1. The molecule has 0 aliphatic carbocycles. The molecule has 0 radical (unpaired) electrons. The highest BCUT2D eigenvalue weighted by atomic mass is 16.6. The van der Waals surface area contributed by atoms with Crippen molar-refractivity contribution in [2.45, 2.75) is 19.5 Å². The van der Waals surface area contributed by atoms with Gasteiger partial charge in [-0.2, -0.15) is 0 Å². The summed E-state index contributed by atoms with van der Waals surface area (Å²) >= 11 is 0. The largest absolute Gasteiger partial charge is 0.307 e. The average molecular weight is 403 g/mol. The third-order valence-electron chi connectivity index (χ3n) is 5.16. The molecule has 30 heavy (non-hydrogen) atoms. The summed E-state index contributed by atoms with van der Waals surface area (Å²) in [6.45, 7) is 2.60. The van der Waals surface area contributed by atoms with Crippen molar-refractivity contribution < 1.29 is 9.72 Å². The summed E-state index contributed by atoms with van der Waals surface area (Å²) in [6.07, 6.45) is 0. The van der Waals surface area contributed by atoms with E-state index in [2.05, 4.69) is 0 Å². The lowest BCUT2D eigenvalue weighted by Crippen LogP contribution is -2.39. The first-order chi connectivity index (χ1) is 14.5. The molecule has 0 aliphatic rings. The van der Waals surface area contributed by atoms with Gasteiger partial charge >= 0.3 is 0 Å². The predicted octanol–water partition coefficient (Wildman–Crippen LogP) is 4.82. The number of rotatable bonds is 8. The number of non-ortho nitro benzene ring substituents is 1. The molecule has 0 aromatic heterocycles. The van der Waals surface area contributed by atoms with Gasteiger partial charge in [-0.1, -0.05) is 60.7 Å². The van der Waals surface area contributed by atoms with Crippen LogP contribution >= 0.6 is 0 Å². The van der Waals surface area contributed by atoms with Crippen molar-refractivity contribution in [1.82, 2.24) is 4.90 Å². The molecule has 1 atom stereocenters. The van der Waals surface area contributed by atoms with Gasteiger partial charge in [0.25, 0.3) is 5.69 Å². The maximum atomic E-state index is 13.2. The van der Waals surface area contributed by atoms with Crippen LogP contribution in [0.25, 0.3) is 0 Å². The molecule has 3 aromatic carbocycles. The molecule has 0 heterocycles. The lowest BCUT2D eigenvalue weighted by molar-refractivity contribution is -0.384. The van der Waals surface area contributed by atoms with Gasteiger partial charge in [0.15, 0.2) is 0 Å². The summed E-state index contributed by atoms with van der Waals surface area (Å²) in [7, 11) is 1.85. The maximum absolute atomic E-state index is 13.2. The smallest absolute Gasteiger partial charge is 0.269 e. The zero-order chi connectivity index (χ0) is 21.5. The lowest BCUT2D eigenvalue weighted by atomic mass is 10.1. The van der Waals surface area contributed by atoms with Crippen LogP contribution in [0.4, 0.5) is 11.4 Å². The number of nitrogens with zero attached hydrogens (tertiary/aromatic N) is 3. The summed E-state index contributed by atoms with van der Waals surface area (Å²) in [5.41, 5.74) is 2.73. The van der Waals surface area contributed by atoms with Gasteiger partial charge < -0.3 is 4.90 Å². The van der Waals surface area contributed by atoms with Crippen molar-refractivity contribution in [3.05, 3.63) is 106 Å². The maximum Gasteiger partial charge on any atom is 0.269 e. The van der Waals surface area contributed by atoms with E-state index >= 15 is 0 Å². The second kappa shape index (κ2) is 9.80. The van der Waals surface area contributed by atoms with E-state index < -0.39 is 4.92 Å². The van der Waals surface area contributed by atoms with Crippen LogP contribution in [0.1, 0.15) is 24.1 Å². The van der Waals surface area contributed by atoms with E-state index in [0.29, 0.717) is 6.54 Å². The Labute approximate surface area is 176 Å². The summed E-state index contributed by atoms with van der Waals surface area (Å²) < 4.78 is 0. The number of carbonyl (C=O) groups is 1. The Balaban J connectivity index is 1.77. The van der Waals surface area contributed by atoms with Gasteiger partial charge in [0.05, 0.1) is 18.0 Å². The van der Waals surface area contributed by atoms with Crippen LogP contribution in [0.5, 0.6) is 0 Å². The molecule has 0 saturated carbocycles. The first-order valence-corrected chi connectivity index (χ1v) is 9.79. The minimum absolute atomic E-state index is 0.0372. The summed E-state index contributed by atoms with van der Waals surface area (Å²) in [5, 5.41) is 11.1. The quantitative estimate of drug-likeness (QED) is 0.399. The van der Waals surface area contributed by atoms with Gasteiger partial charge in [-0.15, -0.1) is 0 Å². The lowest BCUT2D eigenvalue weighted by Gasteiger charge is -2.29. The molecular formula is C24H25N3O3. The Morgan fingerprint density at radius 3 is 2.23 bits per heavy atom. The van der Waals surface area contributed by atoms with Crippen molar-refractivity contribution in [3.8, 4) is 0 Å². The van der Waals surface area contributed by atoms with Crippen LogP contribution in [-0.4, -0.2) is 29.3 Å². The molecule has 0 bridgehead atoms. The number of carbonyl (C=O) groups excluding carboxylic acids is 1. The van der Waals surface area contributed by atoms with E-state index in [1.165, 1.54) is 6.07 Å². The Morgan fingerprint density at radius 2 is 1.60 bits per heavy atom. The second-order valence-electron chi connectivity index (χ2n) is 7.24. The molecule has 0 fully saturated rings. The van der Waals surface area contributed by atoms with Gasteiger partial charge in [-0.05, 0) is 37.2 Å². The van der Waals surface area contributed by atoms with Crippen LogP contribution in [0.3, 0.4) is 0 Å². The monoisotopic (exact) mass is 403 g/mol. The molecule has 3 rings (SSSR count). The highest BCUT2D eigenvalue weighted by Crippen LogP contribution is 2.24. The number of amides is 1. The minimum Gasteiger partial charge on any atom is -0.307 e. The number of para-hydroxylation sites is 1. The number of benzene rings is 3. The van der Waals surface area contributed by atoms with Crippen LogP contribution < -0.4 is 4.90 Å². The topological polar surface area (TPSA) is 66.7 Å². The third kappa shape index (κ3) is 5.30. The van der Waals surface area contributed by atoms with E-state index in [9.17, 15) is 14.9 Å². The van der Waals surface area contributed by atoms with E-state index in [0.717, 1.165) is 16.8 Å². The number of anilines is 1. The zero-order valence-corrected chi connectivity index (χ0v) is 17.1. The fraction of sp³-hybridized carbons (Fsp3) is 0.208. The molecule has 6 heteroatoms. The first kappa shape index (κ1) is 21.2. The van der Waals surface area contributed by atoms with Crippen LogP contribution in [0, 0.1) is 10.1 Å². The summed E-state index contributed by atoms with van der Waals surface area (Å²) in [5.74, 6) is -0.0372. The van der Waals surface area contributed by atoms with E-state index in [-0.39, 0.29) is 24.2 Å². The number of likely N-dealkylation sites (N-methyl/N-ethyl adjacent to an activating group) is 1. The molecule has 6 nitrogen and oxygen atoms in total. The highest BCUT2D eigenvalue weighted by Gasteiger charge is 2.22. The molecule has 0 N–H and O–H groups in total. The Kier molecular flexibility index (Phi) is 6.93. The molecule has 154 valence electrons. The van der Waals surface area contributed by atoms with Crippen LogP contribution in [0.2, 0.25) is 0 Å². The zero-order valence-electron chi connectivity index (χ0n) is 17.1. The van der Waals surface area contributed by atoms with E-state index in [1.807, 2.05) is 85.6 Å². The highest BCUT2D eigenvalue weighted by molar-refractivity contribution is 5.94. The van der Waals surface area contributed by atoms with Crippen molar-refractivity contribution >= 4 is 17.3 Å². The van der Waals surface area contributed by atoms with Gasteiger partial charge in [0.1, 0.15) is 0 Å². The van der Waals surface area contributed by atoms with Crippen molar-refractivity contribution in [1.29, 1.82) is 0 Å².